The van der Waals surface area contributed by atoms with E-state index < -0.39 is 0 Å². The summed E-state index contributed by atoms with van der Waals surface area (Å²) < 4.78 is 5.47. The number of anilines is 1. The number of amides is 1. The van der Waals surface area contributed by atoms with Gasteiger partial charge in [-0.05, 0) is 30.5 Å². The molecule has 2 heterocycles. The number of nitrogens with zero attached hydrogens (tertiary/aromatic N) is 4. The molecule has 1 aliphatic rings. The number of hydrogen-bond donors (Lipinski definition) is 0. The van der Waals surface area contributed by atoms with E-state index in [4.69, 9.17) is 14.7 Å². The minimum atomic E-state index is 0.0508. The van der Waals surface area contributed by atoms with Gasteiger partial charge in [-0.15, -0.1) is 0 Å². The second-order valence-corrected chi connectivity index (χ2v) is 8.44. The monoisotopic (exact) mass is 414 g/mol. The number of morpholine rings is 1. The van der Waals surface area contributed by atoms with Crippen molar-refractivity contribution in [2.45, 2.75) is 37.6 Å². The Hall–Kier alpha value is -2.12. The first-order valence-electron chi connectivity index (χ1n) is 10.2. The van der Waals surface area contributed by atoms with Gasteiger partial charge in [0.1, 0.15) is 5.82 Å². The Bertz CT molecular complexity index is 820. The number of thioether (sulfide) groups is 1. The molecule has 29 heavy (non-hydrogen) atoms. The molecule has 3 rings (SSSR count). The predicted molar refractivity (Wildman–Crippen MR) is 118 cm³/mol. The quantitative estimate of drug-likeness (QED) is 0.507. The molecule has 1 aromatic heterocycles. The van der Waals surface area contributed by atoms with Crippen LogP contribution in [0.25, 0.3) is 0 Å². The first-order chi connectivity index (χ1) is 14.0. The van der Waals surface area contributed by atoms with E-state index in [-0.39, 0.29) is 5.91 Å². The number of rotatable bonds is 7. The van der Waals surface area contributed by atoms with Gasteiger partial charge in [-0.1, -0.05) is 37.7 Å². The first-order valence-corrected chi connectivity index (χ1v) is 11.2. The van der Waals surface area contributed by atoms with Gasteiger partial charge in [0, 0.05) is 49.8 Å². The standard InChI is InChI=1S/C22H30N4O2S/c1-5-25(4)21(27)18-8-6-17(7-9-18)15-29-22-23-19(16(2)3)14-20(24-22)26-10-12-28-13-11-26/h6-9,14,16H,5,10-13,15H2,1-4H3. The Labute approximate surface area is 177 Å². The second-order valence-electron chi connectivity index (χ2n) is 7.49. The van der Waals surface area contributed by atoms with E-state index in [1.54, 1.807) is 16.7 Å². The summed E-state index contributed by atoms with van der Waals surface area (Å²) in [5, 5.41) is 0.795. The fraction of sp³-hybridized carbons (Fsp3) is 0.500. The third kappa shape index (κ3) is 5.70. The van der Waals surface area contributed by atoms with Crippen LogP contribution in [0.15, 0.2) is 35.5 Å². The molecule has 0 spiro atoms. The molecule has 1 saturated heterocycles. The summed E-state index contributed by atoms with van der Waals surface area (Å²) in [5.74, 6) is 2.15. The zero-order chi connectivity index (χ0) is 20.8. The fourth-order valence-electron chi connectivity index (χ4n) is 3.00. The van der Waals surface area contributed by atoms with Crippen molar-refractivity contribution in [3.05, 3.63) is 47.2 Å². The predicted octanol–water partition coefficient (Wildman–Crippen LogP) is 3.82. The van der Waals surface area contributed by atoms with Gasteiger partial charge in [-0.2, -0.15) is 0 Å². The maximum Gasteiger partial charge on any atom is 0.253 e. The van der Waals surface area contributed by atoms with E-state index in [1.807, 2.05) is 38.2 Å². The molecule has 7 heteroatoms. The third-order valence-corrected chi connectivity index (χ3v) is 5.95. The smallest absolute Gasteiger partial charge is 0.253 e. The van der Waals surface area contributed by atoms with E-state index in [2.05, 4.69) is 24.8 Å². The lowest BCUT2D eigenvalue weighted by atomic mass is 10.1. The number of aromatic nitrogens is 2. The van der Waals surface area contributed by atoms with Crippen LogP contribution >= 0.6 is 11.8 Å². The number of ether oxygens (including phenoxy) is 1. The third-order valence-electron chi connectivity index (χ3n) is 5.03. The van der Waals surface area contributed by atoms with Crippen LogP contribution in [0.4, 0.5) is 5.82 Å². The van der Waals surface area contributed by atoms with Crippen LogP contribution in [0.5, 0.6) is 0 Å². The number of carbonyl (C=O) groups excluding carboxylic acids is 1. The average molecular weight is 415 g/mol. The highest BCUT2D eigenvalue weighted by Gasteiger charge is 2.16. The Morgan fingerprint density at radius 3 is 2.52 bits per heavy atom. The average Bonchev–Trinajstić information content (AvgIpc) is 2.77. The van der Waals surface area contributed by atoms with E-state index in [0.717, 1.165) is 59.9 Å². The lowest BCUT2D eigenvalue weighted by Crippen LogP contribution is -2.37. The Morgan fingerprint density at radius 1 is 1.21 bits per heavy atom. The Kier molecular flexibility index (Phi) is 7.50. The number of carbonyl (C=O) groups is 1. The van der Waals surface area contributed by atoms with Gasteiger partial charge in [0.25, 0.3) is 5.91 Å². The number of benzene rings is 1. The van der Waals surface area contributed by atoms with Crippen molar-refractivity contribution in [2.75, 3.05) is 44.8 Å². The maximum atomic E-state index is 12.2. The molecule has 0 N–H and O–H groups in total. The Balaban J connectivity index is 1.71. The molecule has 1 aromatic carbocycles. The fourth-order valence-corrected chi connectivity index (χ4v) is 3.82. The zero-order valence-electron chi connectivity index (χ0n) is 17.7. The van der Waals surface area contributed by atoms with Crippen molar-refractivity contribution < 1.29 is 9.53 Å². The number of hydrogen-bond acceptors (Lipinski definition) is 6. The van der Waals surface area contributed by atoms with Gasteiger partial charge in [0.05, 0.1) is 13.2 Å². The molecule has 0 saturated carbocycles. The van der Waals surface area contributed by atoms with Crippen LogP contribution in [-0.2, 0) is 10.5 Å². The van der Waals surface area contributed by atoms with Crippen molar-refractivity contribution in [3.8, 4) is 0 Å². The first kappa shape index (κ1) is 21.6. The summed E-state index contributed by atoms with van der Waals surface area (Å²) in [4.78, 5) is 25.8. The largest absolute Gasteiger partial charge is 0.378 e. The van der Waals surface area contributed by atoms with E-state index in [0.29, 0.717) is 12.5 Å². The molecule has 6 nitrogen and oxygen atoms in total. The molecule has 0 bridgehead atoms. The van der Waals surface area contributed by atoms with Crippen molar-refractivity contribution in [1.82, 2.24) is 14.9 Å². The molecule has 2 aromatic rings. The van der Waals surface area contributed by atoms with Crippen molar-refractivity contribution >= 4 is 23.5 Å². The molecule has 1 amide bonds. The molecule has 0 atom stereocenters. The molecule has 1 aliphatic heterocycles. The SMILES string of the molecule is CCN(C)C(=O)c1ccc(CSc2nc(C(C)C)cc(N3CCOCC3)n2)cc1. The van der Waals surface area contributed by atoms with Gasteiger partial charge in [-0.3, -0.25) is 4.79 Å². The van der Waals surface area contributed by atoms with Crippen LogP contribution in [0.2, 0.25) is 0 Å². The van der Waals surface area contributed by atoms with Gasteiger partial charge in [-0.25, -0.2) is 9.97 Å². The molecule has 0 aliphatic carbocycles. The van der Waals surface area contributed by atoms with Crippen molar-refractivity contribution in [3.63, 3.8) is 0 Å². The summed E-state index contributed by atoms with van der Waals surface area (Å²) in [7, 11) is 1.82. The van der Waals surface area contributed by atoms with Crippen LogP contribution in [0.1, 0.15) is 48.3 Å². The van der Waals surface area contributed by atoms with Crippen LogP contribution in [-0.4, -0.2) is 60.7 Å². The lowest BCUT2D eigenvalue weighted by molar-refractivity contribution is 0.0802. The van der Waals surface area contributed by atoms with Crippen molar-refractivity contribution in [1.29, 1.82) is 0 Å². The van der Waals surface area contributed by atoms with E-state index in [1.165, 1.54) is 0 Å². The van der Waals surface area contributed by atoms with E-state index >= 15 is 0 Å². The summed E-state index contributed by atoms with van der Waals surface area (Å²) in [6.45, 7) is 10.2. The molecule has 0 radical (unpaired) electrons. The van der Waals surface area contributed by atoms with Gasteiger partial charge in [0.15, 0.2) is 5.16 Å². The van der Waals surface area contributed by atoms with Crippen LogP contribution in [0.3, 0.4) is 0 Å². The summed E-state index contributed by atoms with van der Waals surface area (Å²) in [6, 6.07) is 9.92. The molecular weight excluding hydrogens is 384 g/mol. The highest BCUT2D eigenvalue weighted by atomic mass is 32.2. The van der Waals surface area contributed by atoms with Gasteiger partial charge < -0.3 is 14.5 Å². The highest BCUT2D eigenvalue weighted by molar-refractivity contribution is 7.98. The minimum absolute atomic E-state index is 0.0508. The molecular formula is C22H30N4O2S. The zero-order valence-corrected chi connectivity index (χ0v) is 18.5. The Morgan fingerprint density at radius 2 is 1.90 bits per heavy atom. The van der Waals surface area contributed by atoms with Gasteiger partial charge >= 0.3 is 0 Å². The highest BCUT2D eigenvalue weighted by Crippen LogP contribution is 2.26. The normalized spacial score (nSPS) is 14.3. The minimum Gasteiger partial charge on any atom is -0.378 e. The molecule has 156 valence electrons. The molecule has 0 unspecified atom stereocenters. The van der Waals surface area contributed by atoms with Crippen LogP contribution < -0.4 is 4.90 Å². The van der Waals surface area contributed by atoms with Crippen LogP contribution in [0, 0.1) is 0 Å². The lowest BCUT2D eigenvalue weighted by Gasteiger charge is -2.28. The van der Waals surface area contributed by atoms with E-state index in [9.17, 15) is 4.79 Å². The van der Waals surface area contributed by atoms with Crippen molar-refractivity contribution in [2.24, 2.45) is 0 Å². The topological polar surface area (TPSA) is 58.6 Å². The summed E-state index contributed by atoms with van der Waals surface area (Å²) in [6.07, 6.45) is 0. The second kappa shape index (κ2) is 10.1. The summed E-state index contributed by atoms with van der Waals surface area (Å²) >= 11 is 1.63. The summed E-state index contributed by atoms with van der Waals surface area (Å²) in [5.41, 5.74) is 2.93. The maximum absolute atomic E-state index is 12.2. The van der Waals surface area contributed by atoms with Gasteiger partial charge in [0.2, 0.25) is 0 Å². The molecule has 1 fully saturated rings.